The van der Waals surface area contributed by atoms with E-state index >= 15 is 0 Å². The maximum Gasteiger partial charge on any atom is 0.355 e. The molecule has 0 spiro atoms. The average Bonchev–Trinajstić information content (AvgIpc) is 2.49. The maximum atomic E-state index is 12.4. The summed E-state index contributed by atoms with van der Waals surface area (Å²) in [5, 5.41) is 1.82. The molecule has 5 nitrogen and oxygen atoms in total. The molecular formula is C9H18NO4P. The predicted molar refractivity (Wildman–Crippen MR) is 56.6 cm³/mol. The SMILES string of the molecule is CCOP(=O)(OCC)[C@@]1(C)CCC(=O)N1. The molecule has 1 aliphatic heterocycles. The molecule has 0 aliphatic carbocycles. The van der Waals surface area contributed by atoms with Crippen LogP contribution >= 0.6 is 7.60 Å². The average molecular weight is 235 g/mol. The summed E-state index contributed by atoms with van der Waals surface area (Å²) in [6.07, 6.45) is 0.865. The molecule has 0 saturated carbocycles. The van der Waals surface area contributed by atoms with E-state index in [-0.39, 0.29) is 5.91 Å². The first-order valence-electron chi connectivity index (χ1n) is 5.17. The van der Waals surface area contributed by atoms with Gasteiger partial charge in [-0.15, -0.1) is 0 Å². The summed E-state index contributed by atoms with van der Waals surface area (Å²) in [4.78, 5) is 11.2. The lowest BCUT2D eigenvalue weighted by Crippen LogP contribution is -2.39. The summed E-state index contributed by atoms with van der Waals surface area (Å²) in [5.41, 5.74) is 0. The molecule has 6 heteroatoms. The lowest BCUT2D eigenvalue weighted by Gasteiger charge is -2.32. The van der Waals surface area contributed by atoms with Crippen LogP contribution in [0.5, 0.6) is 0 Å². The Kier molecular flexibility index (Phi) is 3.93. The minimum absolute atomic E-state index is 0.0999. The lowest BCUT2D eigenvalue weighted by molar-refractivity contribution is -0.119. The van der Waals surface area contributed by atoms with Gasteiger partial charge in [-0.05, 0) is 27.2 Å². The second-order valence-corrected chi connectivity index (χ2v) is 6.15. The zero-order chi connectivity index (χ0) is 11.5. The summed E-state index contributed by atoms with van der Waals surface area (Å²) in [6.45, 7) is 5.84. The van der Waals surface area contributed by atoms with Crippen molar-refractivity contribution >= 4 is 13.5 Å². The molecule has 15 heavy (non-hydrogen) atoms. The van der Waals surface area contributed by atoms with Crippen LogP contribution in [0.3, 0.4) is 0 Å². The zero-order valence-electron chi connectivity index (χ0n) is 9.41. The molecule has 1 saturated heterocycles. The fourth-order valence-electron chi connectivity index (χ4n) is 1.65. The van der Waals surface area contributed by atoms with Crippen molar-refractivity contribution in [3.8, 4) is 0 Å². The van der Waals surface area contributed by atoms with Gasteiger partial charge in [-0.25, -0.2) is 0 Å². The molecule has 0 bridgehead atoms. The first-order valence-corrected chi connectivity index (χ1v) is 6.72. The molecular weight excluding hydrogens is 217 g/mol. The Hall–Kier alpha value is -0.380. The summed E-state index contributed by atoms with van der Waals surface area (Å²) in [7, 11) is -3.25. The maximum absolute atomic E-state index is 12.4. The molecule has 1 amide bonds. The third kappa shape index (κ3) is 2.41. The first-order chi connectivity index (χ1) is 6.97. The summed E-state index contributed by atoms with van der Waals surface area (Å²) in [6, 6.07) is 0. The molecule has 1 fully saturated rings. The van der Waals surface area contributed by atoms with Gasteiger partial charge in [-0.1, -0.05) is 0 Å². The van der Waals surface area contributed by atoms with E-state index in [1.54, 1.807) is 20.8 Å². The van der Waals surface area contributed by atoms with E-state index in [2.05, 4.69) is 5.32 Å². The molecule has 1 atom stereocenters. The third-order valence-electron chi connectivity index (χ3n) is 2.45. The summed E-state index contributed by atoms with van der Waals surface area (Å²) in [5.74, 6) is -0.0999. The minimum Gasteiger partial charge on any atom is -0.340 e. The number of carbonyl (C=O) groups excluding carboxylic acids is 1. The summed E-state index contributed by atoms with van der Waals surface area (Å²) >= 11 is 0. The topological polar surface area (TPSA) is 64.6 Å². The van der Waals surface area contributed by atoms with Crippen molar-refractivity contribution in [1.29, 1.82) is 0 Å². The van der Waals surface area contributed by atoms with Crippen LogP contribution < -0.4 is 5.32 Å². The van der Waals surface area contributed by atoms with Gasteiger partial charge in [0, 0.05) is 6.42 Å². The highest BCUT2D eigenvalue weighted by atomic mass is 31.2. The predicted octanol–water partition coefficient (Wildman–Crippen LogP) is 1.88. The van der Waals surface area contributed by atoms with Crippen LogP contribution in [0.1, 0.15) is 33.6 Å². The highest BCUT2D eigenvalue weighted by molar-refractivity contribution is 7.55. The van der Waals surface area contributed by atoms with Gasteiger partial charge in [0.2, 0.25) is 5.91 Å². The monoisotopic (exact) mass is 235 g/mol. The number of hydrogen-bond donors (Lipinski definition) is 1. The standard InChI is InChI=1S/C9H18NO4P/c1-4-13-15(12,14-5-2)9(3)7-6-8(11)10-9/h4-7H2,1-3H3,(H,10,11)/t9-/m0/s1. The Morgan fingerprint density at radius 1 is 1.40 bits per heavy atom. The van der Waals surface area contributed by atoms with Crippen molar-refractivity contribution < 1.29 is 18.4 Å². The number of hydrogen-bond acceptors (Lipinski definition) is 4. The fourth-order valence-corrected chi connectivity index (χ4v) is 3.62. The zero-order valence-corrected chi connectivity index (χ0v) is 10.3. The van der Waals surface area contributed by atoms with Crippen LogP contribution in [0, 0.1) is 0 Å². The van der Waals surface area contributed by atoms with Crippen molar-refractivity contribution in [3.05, 3.63) is 0 Å². The van der Waals surface area contributed by atoms with Crippen molar-refractivity contribution in [2.45, 2.75) is 38.9 Å². The molecule has 0 unspecified atom stereocenters. The Balaban J connectivity index is 2.88. The van der Waals surface area contributed by atoms with Crippen molar-refractivity contribution in [3.63, 3.8) is 0 Å². The number of amides is 1. The van der Waals surface area contributed by atoms with Crippen molar-refractivity contribution in [1.82, 2.24) is 5.32 Å². The molecule has 88 valence electrons. The fraction of sp³-hybridized carbons (Fsp3) is 0.889. The van der Waals surface area contributed by atoms with Crippen LogP contribution in [0.2, 0.25) is 0 Å². The second kappa shape index (κ2) is 4.64. The van der Waals surface area contributed by atoms with Gasteiger partial charge in [-0.2, -0.15) is 0 Å². The molecule has 1 rings (SSSR count). The van der Waals surface area contributed by atoms with E-state index in [1.807, 2.05) is 0 Å². The van der Waals surface area contributed by atoms with Crippen LogP contribution in [-0.4, -0.2) is 24.4 Å². The van der Waals surface area contributed by atoms with E-state index in [4.69, 9.17) is 9.05 Å². The van der Waals surface area contributed by atoms with Crippen molar-refractivity contribution in [2.75, 3.05) is 13.2 Å². The second-order valence-electron chi connectivity index (χ2n) is 3.66. The number of nitrogens with one attached hydrogen (secondary N) is 1. The van der Waals surface area contributed by atoms with E-state index < -0.39 is 12.9 Å². The Bertz CT molecular complexity index is 284. The third-order valence-corrected chi connectivity index (χ3v) is 5.19. The van der Waals surface area contributed by atoms with Crippen molar-refractivity contribution in [2.24, 2.45) is 0 Å². The summed E-state index contributed by atoms with van der Waals surface area (Å²) < 4.78 is 22.9. The lowest BCUT2D eigenvalue weighted by atomic mass is 10.2. The van der Waals surface area contributed by atoms with Gasteiger partial charge >= 0.3 is 7.60 Å². The van der Waals surface area contributed by atoms with Crippen LogP contribution in [0.4, 0.5) is 0 Å². The normalized spacial score (nSPS) is 26.7. The van der Waals surface area contributed by atoms with E-state index in [0.29, 0.717) is 26.1 Å². The van der Waals surface area contributed by atoms with E-state index in [1.165, 1.54) is 0 Å². The smallest absolute Gasteiger partial charge is 0.340 e. The molecule has 0 aromatic carbocycles. The Morgan fingerprint density at radius 3 is 2.27 bits per heavy atom. The minimum atomic E-state index is -3.25. The van der Waals surface area contributed by atoms with Crippen LogP contribution in [0.25, 0.3) is 0 Å². The van der Waals surface area contributed by atoms with Gasteiger partial charge in [-0.3, -0.25) is 9.36 Å². The number of rotatable bonds is 5. The quantitative estimate of drug-likeness (QED) is 0.739. The van der Waals surface area contributed by atoms with Crippen LogP contribution in [-0.2, 0) is 18.4 Å². The highest BCUT2D eigenvalue weighted by Crippen LogP contribution is 2.61. The highest BCUT2D eigenvalue weighted by Gasteiger charge is 2.51. The van der Waals surface area contributed by atoms with E-state index in [0.717, 1.165) is 0 Å². The number of carbonyl (C=O) groups is 1. The van der Waals surface area contributed by atoms with Gasteiger partial charge in [0.1, 0.15) is 5.28 Å². The van der Waals surface area contributed by atoms with Gasteiger partial charge < -0.3 is 14.4 Å². The first kappa shape index (κ1) is 12.7. The van der Waals surface area contributed by atoms with Crippen LogP contribution in [0.15, 0.2) is 0 Å². The van der Waals surface area contributed by atoms with Gasteiger partial charge in [0.05, 0.1) is 13.2 Å². The van der Waals surface area contributed by atoms with Gasteiger partial charge in [0.25, 0.3) is 0 Å². The molecule has 0 radical (unpaired) electrons. The Morgan fingerprint density at radius 2 is 1.93 bits per heavy atom. The largest absolute Gasteiger partial charge is 0.355 e. The van der Waals surface area contributed by atoms with Gasteiger partial charge in [0.15, 0.2) is 0 Å². The van der Waals surface area contributed by atoms with E-state index in [9.17, 15) is 9.36 Å². The molecule has 0 aromatic heterocycles. The molecule has 1 heterocycles. The molecule has 0 aromatic rings. The Labute approximate surface area is 90.1 Å². The molecule has 1 N–H and O–H groups in total. The molecule has 1 aliphatic rings.